The number of rotatable bonds is 4. The minimum Gasteiger partial charge on any atom is -0.468 e. The summed E-state index contributed by atoms with van der Waals surface area (Å²) in [6.07, 6.45) is 0. The fourth-order valence-corrected chi connectivity index (χ4v) is 1.12. The van der Waals surface area contributed by atoms with Gasteiger partial charge >= 0.3 is 5.97 Å². The molecule has 1 aromatic rings. The van der Waals surface area contributed by atoms with Gasteiger partial charge in [-0.2, -0.15) is 0 Å². The third kappa shape index (κ3) is 3.21. The Balaban J connectivity index is 2.54. The van der Waals surface area contributed by atoms with Crippen LogP contribution in [0.5, 0.6) is 0 Å². The first-order valence-corrected chi connectivity index (χ1v) is 4.45. The van der Waals surface area contributed by atoms with Crippen molar-refractivity contribution in [3.8, 4) is 0 Å². The number of ether oxygens (including phenoxy) is 1. The zero-order valence-electron chi connectivity index (χ0n) is 8.42. The molecule has 0 aliphatic rings. The highest BCUT2D eigenvalue weighted by Gasteiger charge is 2.06. The van der Waals surface area contributed by atoms with Crippen LogP contribution in [0.25, 0.3) is 0 Å². The van der Waals surface area contributed by atoms with Crippen LogP contribution in [0.1, 0.15) is 5.56 Å². The van der Waals surface area contributed by atoms with E-state index in [1.807, 2.05) is 0 Å². The Morgan fingerprint density at radius 1 is 1.60 bits per heavy atom. The predicted molar refractivity (Wildman–Crippen MR) is 54.5 cm³/mol. The van der Waals surface area contributed by atoms with Gasteiger partial charge in [0.2, 0.25) is 0 Å². The average Bonchev–Trinajstić information content (AvgIpc) is 2.22. The molecule has 0 aliphatic carbocycles. The summed E-state index contributed by atoms with van der Waals surface area (Å²) in [5, 5.41) is 2.74. The van der Waals surface area contributed by atoms with Crippen molar-refractivity contribution in [1.82, 2.24) is 5.32 Å². The van der Waals surface area contributed by atoms with E-state index in [4.69, 9.17) is 5.73 Å². The largest absolute Gasteiger partial charge is 0.468 e. The molecule has 0 amide bonds. The van der Waals surface area contributed by atoms with Crippen molar-refractivity contribution < 1.29 is 13.9 Å². The minimum atomic E-state index is -0.398. The first-order valence-electron chi connectivity index (χ1n) is 4.45. The van der Waals surface area contributed by atoms with Crippen molar-refractivity contribution in [1.29, 1.82) is 0 Å². The number of hydrogen-bond donors (Lipinski definition) is 2. The van der Waals surface area contributed by atoms with Crippen LogP contribution in [0.15, 0.2) is 18.2 Å². The van der Waals surface area contributed by atoms with Crippen LogP contribution < -0.4 is 11.1 Å². The summed E-state index contributed by atoms with van der Waals surface area (Å²) in [5.41, 5.74) is 6.30. The summed E-state index contributed by atoms with van der Waals surface area (Å²) in [5.74, 6) is -0.780. The number of esters is 1. The second-order valence-electron chi connectivity index (χ2n) is 2.99. The van der Waals surface area contributed by atoms with Gasteiger partial charge in [-0.25, -0.2) is 4.39 Å². The number of nitrogen functional groups attached to an aromatic ring is 1. The standard InChI is InChI=1S/C10H13FN2O2/c1-15-10(14)6-13-5-7-8(11)3-2-4-9(7)12/h2-4,13H,5-6,12H2,1H3. The van der Waals surface area contributed by atoms with E-state index < -0.39 is 5.97 Å². The van der Waals surface area contributed by atoms with Gasteiger partial charge in [-0.1, -0.05) is 6.07 Å². The summed E-state index contributed by atoms with van der Waals surface area (Å²) < 4.78 is 17.6. The van der Waals surface area contributed by atoms with E-state index in [1.54, 1.807) is 6.07 Å². The number of hydrogen-bond acceptors (Lipinski definition) is 4. The highest BCUT2D eigenvalue weighted by Crippen LogP contribution is 2.14. The van der Waals surface area contributed by atoms with Gasteiger partial charge in [0.1, 0.15) is 5.82 Å². The Bertz CT molecular complexity index is 335. The van der Waals surface area contributed by atoms with Crippen LogP contribution >= 0.6 is 0 Å². The normalized spacial score (nSPS) is 10.0. The van der Waals surface area contributed by atoms with Gasteiger partial charge in [0.25, 0.3) is 0 Å². The van der Waals surface area contributed by atoms with Gasteiger partial charge < -0.3 is 15.8 Å². The summed E-state index contributed by atoms with van der Waals surface area (Å²) in [7, 11) is 1.29. The van der Waals surface area contributed by atoms with E-state index >= 15 is 0 Å². The summed E-state index contributed by atoms with van der Waals surface area (Å²) in [6.45, 7) is 0.234. The summed E-state index contributed by atoms with van der Waals surface area (Å²) in [4.78, 5) is 10.8. The number of methoxy groups -OCH3 is 1. The molecule has 5 heteroatoms. The van der Waals surface area contributed by atoms with E-state index in [0.29, 0.717) is 11.3 Å². The lowest BCUT2D eigenvalue weighted by molar-refractivity contribution is -0.139. The molecule has 0 spiro atoms. The van der Waals surface area contributed by atoms with Crippen molar-refractivity contribution in [2.45, 2.75) is 6.54 Å². The average molecular weight is 212 g/mol. The molecular weight excluding hydrogens is 199 g/mol. The molecule has 4 nitrogen and oxygen atoms in total. The van der Waals surface area contributed by atoms with Gasteiger partial charge in [0.05, 0.1) is 13.7 Å². The monoisotopic (exact) mass is 212 g/mol. The second-order valence-corrected chi connectivity index (χ2v) is 2.99. The molecule has 0 bridgehead atoms. The Morgan fingerprint density at radius 2 is 2.33 bits per heavy atom. The zero-order chi connectivity index (χ0) is 11.3. The molecule has 0 aliphatic heterocycles. The van der Waals surface area contributed by atoms with E-state index in [-0.39, 0.29) is 18.9 Å². The third-order valence-corrected chi connectivity index (χ3v) is 1.95. The molecule has 0 fully saturated rings. The first kappa shape index (κ1) is 11.5. The molecule has 1 rings (SSSR count). The van der Waals surface area contributed by atoms with Gasteiger partial charge in [-0.05, 0) is 12.1 Å². The number of nitrogens with two attached hydrogens (primary N) is 1. The molecule has 0 saturated carbocycles. The van der Waals surface area contributed by atoms with E-state index in [9.17, 15) is 9.18 Å². The van der Waals surface area contributed by atoms with Crippen LogP contribution in [0.2, 0.25) is 0 Å². The van der Waals surface area contributed by atoms with Crippen molar-refractivity contribution in [3.05, 3.63) is 29.6 Å². The molecule has 0 atom stereocenters. The van der Waals surface area contributed by atoms with Gasteiger partial charge in [0, 0.05) is 17.8 Å². The quantitative estimate of drug-likeness (QED) is 0.568. The maximum absolute atomic E-state index is 13.2. The number of nitrogens with one attached hydrogen (secondary N) is 1. The van der Waals surface area contributed by atoms with Crippen LogP contribution in [0.4, 0.5) is 10.1 Å². The van der Waals surface area contributed by atoms with Crippen LogP contribution in [-0.4, -0.2) is 19.6 Å². The fourth-order valence-electron chi connectivity index (χ4n) is 1.12. The second kappa shape index (κ2) is 5.31. The Hall–Kier alpha value is -1.62. The molecule has 0 radical (unpaired) electrons. The highest BCUT2D eigenvalue weighted by molar-refractivity contribution is 5.71. The number of halogens is 1. The van der Waals surface area contributed by atoms with Crippen molar-refractivity contribution in [2.75, 3.05) is 19.4 Å². The highest BCUT2D eigenvalue weighted by atomic mass is 19.1. The Kier molecular flexibility index (Phi) is 4.05. The lowest BCUT2D eigenvalue weighted by Crippen LogP contribution is -2.24. The summed E-state index contributed by atoms with van der Waals surface area (Å²) >= 11 is 0. The van der Waals surface area contributed by atoms with Crippen molar-refractivity contribution in [2.24, 2.45) is 0 Å². The van der Waals surface area contributed by atoms with E-state index in [1.165, 1.54) is 19.2 Å². The Morgan fingerprint density at radius 3 is 2.93 bits per heavy atom. The van der Waals surface area contributed by atoms with Crippen molar-refractivity contribution >= 4 is 11.7 Å². The molecule has 15 heavy (non-hydrogen) atoms. The number of anilines is 1. The smallest absolute Gasteiger partial charge is 0.319 e. The molecule has 0 saturated heterocycles. The SMILES string of the molecule is COC(=O)CNCc1c(N)cccc1F. The van der Waals surface area contributed by atoms with Gasteiger partial charge in [-0.3, -0.25) is 4.79 Å². The molecule has 82 valence electrons. The fraction of sp³-hybridized carbons (Fsp3) is 0.300. The molecule has 3 N–H and O–H groups in total. The summed E-state index contributed by atoms with van der Waals surface area (Å²) in [6, 6.07) is 4.47. The number of carbonyl (C=O) groups excluding carboxylic acids is 1. The molecule has 0 aromatic heterocycles. The molecule has 0 unspecified atom stereocenters. The lowest BCUT2D eigenvalue weighted by Gasteiger charge is -2.07. The molecular formula is C10H13FN2O2. The van der Waals surface area contributed by atoms with E-state index in [2.05, 4.69) is 10.1 Å². The minimum absolute atomic E-state index is 0.0320. The van der Waals surface area contributed by atoms with Crippen LogP contribution in [0, 0.1) is 5.82 Å². The predicted octanol–water partition coefficient (Wildman–Crippen LogP) is 0.670. The van der Waals surface area contributed by atoms with Gasteiger partial charge in [-0.15, -0.1) is 0 Å². The van der Waals surface area contributed by atoms with Crippen molar-refractivity contribution in [3.63, 3.8) is 0 Å². The Labute approximate surface area is 87.2 Å². The maximum atomic E-state index is 13.2. The maximum Gasteiger partial charge on any atom is 0.319 e. The van der Waals surface area contributed by atoms with E-state index in [0.717, 1.165) is 0 Å². The number of carbonyl (C=O) groups is 1. The van der Waals surface area contributed by atoms with Crippen LogP contribution in [0.3, 0.4) is 0 Å². The molecule has 1 aromatic carbocycles. The third-order valence-electron chi connectivity index (χ3n) is 1.95. The topological polar surface area (TPSA) is 64.3 Å². The zero-order valence-corrected chi connectivity index (χ0v) is 8.42. The van der Waals surface area contributed by atoms with Gasteiger partial charge in [0.15, 0.2) is 0 Å². The van der Waals surface area contributed by atoms with Crippen LogP contribution in [-0.2, 0) is 16.1 Å². The lowest BCUT2D eigenvalue weighted by atomic mass is 10.1. The molecule has 0 heterocycles. The first-order chi connectivity index (χ1) is 7.15. The number of benzene rings is 1.